The Morgan fingerprint density at radius 2 is 1.83 bits per heavy atom. The van der Waals surface area contributed by atoms with Crippen LogP contribution in [0.5, 0.6) is 0 Å². The SMILES string of the molecule is CCCC(C)NC(=O)CCC(CCN)C(C)(C)C. The molecule has 3 nitrogen and oxygen atoms in total. The van der Waals surface area contributed by atoms with Crippen molar-refractivity contribution >= 4 is 5.91 Å². The second kappa shape index (κ2) is 8.52. The maximum absolute atomic E-state index is 11.8. The van der Waals surface area contributed by atoms with Gasteiger partial charge >= 0.3 is 0 Å². The quantitative estimate of drug-likeness (QED) is 0.701. The molecular formula is C15H32N2O. The predicted octanol–water partition coefficient (Wildman–Crippen LogP) is 3.08. The average molecular weight is 256 g/mol. The lowest BCUT2D eigenvalue weighted by Crippen LogP contribution is -2.33. The van der Waals surface area contributed by atoms with E-state index in [1.54, 1.807) is 0 Å². The lowest BCUT2D eigenvalue weighted by Gasteiger charge is -2.30. The highest BCUT2D eigenvalue weighted by atomic mass is 16.1. The number of nitrogens with one attached hydrogen (secondary N) is 1. The molecule has 2 atom stereocenters. The lowest BCUT2D eigenvalue weighted by atomic mass is 9.76. The molecule has 0 bridgehead atoms. The first kappa shape index (κ1) is 17.4. The fourth-order valence-corrected chi connectivity index (χ4v) is 2.37. The van der Waals surface area contributed by atoms with Crippen LogP contribution < -0.4 is 11.1 Å². The molecule has 2 unspecified atom stereocenters. The highest BCUT2D eigenvalue weighted by Crippen LogP contribution is 2.31. The monoisotopic (exact) mass is 256 g/mol. The molecule has 0 aromatic carbocycles. The second-order valence-electron chi connectivity index (χ2n) is 6.44. The zero-order chi connectivity index (χ0) is 14.2. The number of amides is 1. The van der Waals surface area contributed by atoms with Gasteiger partial charge in [-0.3, -0.25) is 4.79 Å². The molecule has 0 aliphatic heterocycles. The van der Waals surface area contributed by atoms with Gasteiger partial charge in [0.15, 0.2) is 0 Å². The van der Waals surface area contributed by atoms with E-state index in [1.807, 2.05) is 0 Å². The Hall–Kier alpha value is -0.570. The van der Waals surface area contributed by atoms with Crippen LogP contribution >= 0.6 is 0 Å². The van der Waals surface area contributed by atoms with Crippen LogP contribution in [0.25, 0.3) is 0 Å². The van der Waals surface area contributed by atoms with Gasteiger partial charge in [0.1, 0.15) is 0 Å². The Balaban J connectivity index is 4.07. The molecule has 3 heteroatoms. The summed E-state index contributed by atoms with van der Waals surface area (Å²) >= 11 is 0. The van der Waals surface area contributed by atoms with E-state index in [4.69, 9.17) is 5.73 Å². The third-order valence-electron chi connectivity index (χ3n) is 3.59. The minimum absolute atomic E-state index is 0.183. The first-order chi connectivity index (χ1) is 8.31. The minimum Gasteiger partial charge on any atom is -0.354 e. The predicted molar refractivity (Wildman–Crippen MR) is 78.4 cm³/mol. The van der Waals surface area contributed by atoms with Gasteiger partial charge in [-0.1, -0.05) is 34.1 Å². The fourth-order valence-electron chi connectivity index (χ4n) is 2.37. The molecule has 0 rings (SSSR count). The third kappa shape index (κ3) is 7.70. The van der Waals surface area contributed by atoms with Gasteiger partial charge in [-0.25, -0.2) is 0 Å². The van der Waals surface area contributed by atoms with Crippen molar-refractivity contribution in [3.05, 3.63) is 0 Å². The minimum atomic E-state index is 0.183. The topological polar surface area (TPSA) is 55.1 Å². The number of hydrogen-bond acceptors (Lipinski definition) is 2. The van der Waals surface area contributed by atoms with Crippen molar-refractivity contribution in [1.29, 1.82) is 0 Å². The van der Waals surface area contributed by atoms with E-state index in [-0.39, 0.29) is 11.3 Å². The molecule has 108 valence electrons. The molecule has 0 heterocycles. The van der Waals surface area contributed by atoms with Crippen LogP contribution in [0, 0.1) is 11.3 Å². The van der Waals surface area contributed by atoms with E-state index in [2.05, 4.69) is 39.9 Å². The van der Waals surface area contributed by atoms with Crippen LogP contribution in [0.2, 0.25) is 0 Å². The average Bonchev–Trinajstić information content (AvgIpc) is 2.22. The molecule has 0 aliphatic rings. The maximum Gasteiger partial charge on any atom is 0.220 e. The molecule has 18 heavy (non-hydrogen) atoms. The van der Waals surface area contributed by atoms with E-state index in [0.717, 1.165) is 25.7 Å². The molecular weight excluding hydrogens is 224 g/mol. The van der Waals surface area contributed by atoms with Gasteiger partial charge in [0, 0.05) is 12.5 Å². The lowest BCUT2D eigenvalue weighted by molar-refractivity contribution is -0.122. The Morgan fingerprint density at radius 1 is 1.22 bits per heavy atom. The van der Waals surface area contributed by atoms with Gasteiger partial charge in [0.2, 0.25) is 5.91 Å². The normalized spacial score (nSPS) is 15.2. The molecule has 0 radical (unpaired) electrons. The van der Waals surface area contributed by atoms with Gasteiger partial charge in [-0.15, -0.1) is 0 Å². The van der Waals surface area contributed by atoms with Crippen LogP contribution in [0.3, 0.4) is 0 Å². The van der Waals surface area contributed by atoms with Crippen molar-refractivity contribution in [3.63, 3.8) is 0 Å². The number of hydrogen-bond donors (Lipinski definition) is 2. The van der Waals surface area contributed by atoms with Gasteiger partial charge in [0.05, 0.1) is 0 Å². The van der Waals surface area contributed by atoms with Gasteiger partial charge in [-0.2, -0.15) is 0 Å². The van der Waals surface area contributed by atoms with Crippen molar-refractivity contribution in [2.45, 2.75) is 72.8 Å². The summed E-state index contributed by atoms with van der Waals surface area (Å²) in [5.41, 5.74) is 5.88. The maximum atomic E-state index is 11.8. The Morgan fingerprint density at radius 3 is 2.28 bits per heavy atom. The summed E-state index contributed by atoms with van der Waals surface area (Å²) in [7, 11) is 0. The molecule has 0 saturated heterocycles. The molecule has 0 spiro atoms. The van der Waals surface area contributed by atoms with Crippen molar-refractivity contribution in [2.75, 3.05) is 6.54 Å². The number of rotatable bonds is 8. The molecule has 0 aliphatic carbocycles. The summed E-state index contributed by atoms with van der Waals surface area (Å²) in [6.07, 6.45) is 4.72. The van der Waals surface area contributed by atoms with E-state index >= 15 is 0 Å². The third-order valence-corrected chi connectivity index (χ3v) is 3.59. The second-order valence-corrected chi connectivity index (χ2v) is 6.44. The summed E-state index contributed by atoms with van der Waals surface area (Å²) in [6.45, 7) is 11.6. The van der Waals surface area contributed by atoms with E-state index in [1.165, 1.54) is 0 Å². The molecule has 0 aromatic rings. The molecule has 0 saturated carbocycles. The molecule has 0 fully saturated rings. The number of nitrogens with two attached hydrogens (primary N) is 1. The van der Waals surface area contributed by atoms with Gasteiger partial charge in [0.25, 0.3) is 0 Å². The van der Waals surface area contributed by atoms with E-state index in [0.29, 0.717) is 24.9 Å². The summed E-state index contributed by atoms with van der Waals surface area (Å²) in [4.78, 5) is 11.8. The Labute approximate surface area is 113 Å². The van der Waals surface area contributed by atoms with E-state index in [9.17, 15) is 4.79 Å². The van der Waals surface area contributed by atoms with Crippen molar-refractivity contribution in [1.82, 2.24) is 5.32 Å². The molecule has 0 aromatic heterocycles. The highest BCUT2D eigenvalue weighted by Gasteiger charge is 2.24. The number of carbonyl (C=O) groups excluding carboxylic acids is 1. The Kier molecular flexibility index (Phi) is 8.25. The fraction of sp³-hybridized carbons (Fsp3) is 0.933. The van der Waals surface area contributed by atoms with Gasteiger partial charge in [-0.05, 0) is 44.1 Å². The van der Waals surface area contributed by atoms with Crippen molar-refractivity contribution in [3.8, 4) is 0 Å². The highest BCUT2D eigenvalue weighted by molar-refractivity contribution is 5.76. The zero-order valence-electron chi connectivity index (χ0n) is 12.9. The first-order valence-electron chi connectivity index (χ1n) is 7.30. The summed E-state index contributed by atoms with van der Waals surface area (Å²) in [5.74, 6) is 0.706. The largest absolute Gasteiger partial charge is 0.354 e. The number of carbonyl (C=O) groups is 1. The first-order valence-corrected chi connectivity index (χ1v) is 7.30. The summed E-state index contributed by atoms with van der Waals surface area (Å²) in [5, 5.41) is 3.06. The summed E-state index contributed by atoms with van der Waals surface area (Å²) < 4.78 is 0. The van der Waals surface area contributed by atoms with Gasteiger partial charge < -0.3 is 11.1 Å². The Bertz CT molecular complexity index is 233. The van der Waals surface area contributed by atoms with Crippen LogP contribution in [-0.4, -0.2) is 18.5 Å². The van der Waals surface area contributed by atoms with Crippen LogP contribution in [0.4, 0.5) is 0 Å². The summed E-state index contributed by atoms with van der Waals surface area (Å²) in [6, 6.07) is 0.296. The smallest absolute Gasteiger partial charge is 0.220 e. The molecule has 1 amide bonds. The van der Waals surface area contributed by atoms with Crippen molar-refractivity contribution < 1.29 is 4.79 Å². The van der Waals surface area contributed by atoms with Crippen LogP contribution in [0.15, 0.2) is 0 Å². The van der Waals surface area contributed by atoms with Crippen LogP contribution in [0.1, 0.15) is 66.7 Å². The van der Waals surface area contributed by atoms with Crippen molar-refractivity contribution in [2.24, 2.45) is 17.1 Å². The molecule has 3 N–H and O–H groups in total. The standard InChI is InChI=1S/C15H32N2O/c1-6-7-12(2)17-14(18)9-8-13(10-11-16)15(3,4)5/h12-13H,6-11,16H2,1-5H3,(H,17,18). The zero-order valence-corrected chi connectivity index (χ0v) is 12.9. The van der Waals surface area contributed by atoms with Crippen LogP contribution in [-0.2, 0) is 4.79 Å². The van der Waals surface area contributed by atoms with E-state index < -0.39 is 0 Å².